The molecule has 0 spiro atoms. The summed E-state index contributed by atoms with van der Waals surface area (Å²) in [6.07, 6.45) is 1.48. The highest BCUT2D eigenvalue weighted by atomic mass is 32.1. The Morgan fingerprint density at radius 1 is 1.06 bits per heavy atom. The van der Waals surface area contributed by atoms with Crippen LogP contribution < -0.4 is 21.1 Å². The molecular weight excluding hydrogens is 421 g/mol. The molecule has 0 unspecified atom stereocenters. The van der Waals surface area contributed by atoms with Gasteiger partial charge < -0.3 is 10.2 Å². The lowest BCUT2D eigenvalue weighted by molar-refractivity contribution is -0.120. The van der Waals surface area contributed by atoms with Crippen LogP contribution in [0.25, 0.3) is 10.4 Å². The SMILES string of the molecule is O=C1CN(c2ccnc(C(=O)NNC(=O)c3ccc(-c4ccc(F)cc4)s3)c2)CCN1. The highest BCUT2D eigenvalue weighted by molar-refractivity contribution is 7.17. The average Bonchev–Trinajstić information content (AvgIpc) is 3.28. The van der Waals surface area contributed by atoms with Gasteiger partial charge in [0.2, 0.25) is 5.91 Å². The third-order valence-electron chi connectivity index (χ3n) is 4.63. The maximum atomic E-state index is 13.1. The molecule has 0 atom stereocenters. The van der Waals surface area contributed by atoms with Crippen LogP contribution in [0.1, 0.15) is 20.2 Å². The van der Waals surface area contributed by atoms with E-state index in [0.717, 1.165) is 10.4 Å². The van der Waals surface area contributed by atoms with E-state index in [0.29, 0.717) is 23.7 Å². The van der Waals surface area contributed by atoms with Crippen LogP contribution in [0.3, 0.4) is 0 Å². The van der Waals surface area contributed by atoms with Crippen LogP contribution in [0.2, 0.25) is 0 Å². The lowest BCUT2D eigenvalue weighted by Gasteiger charge is -2.28. The predicted molar refractivity (Wildman–Crippen MR) is 114 cm³/mol. The molecule has 0 radical (unpaired) electrons. The van der Waals surface area contributed by atoms with E-state index in [4.69, 9.17) is 0 Å². The van der Waals surface area contributed by atoms with Gasteiger partial charge in [-0.2, -0.15) is 0 Å². The Bertz CT molecular complexity index is 1130. The van der Waals surface area contributed by atoms with Gasteiger partial charge in [-0.1, -0.05) is 12.1 Å². The summed E-state index contributed by atoms with van der Waals surface area (Å²) in [5, 5.41) is 2.74. The number of benzene rings is 1. The van der Waals surface area contributed by atoms with Gasteiger partial charge in [-0.3, -0.25) is 30.2 Å². The number of anilines is 1. The van der Waals surface area contributed by atoms with E-state index in [1.807, 2.05) is 4.90 Å². The van der Waals surface area contributed by atoms with Gasteiger partial charge in [0.1, 0.15) is 11.5 Å². The van der Waals surface area contributed by atoms with Crippen molar-refractivity contribution in [3.63, 3.8) is 0 Å². The summed E-state index contributed by atoms with van der Waals surface area (Å²) < 4.78 is 13.1. The second kappa shape index (κ2) is 8.92. The zero-order chi connectivity index (χ0) is 21.8. The molecule has 3 N–H and O–H groups in total. The normalized spacial score (nSPS) is 13.5. The predicted octanol–water partition coefficient (Wildman–Crippen LogP) is 1.96. The van der Waals surface area contributed by atoms with Crippen molar-refractivity contribution in [1.82, 2.24) is 21.2 Å². The number of nitrogens with one attached hydrogen (secondary N) is 3. The minimum absolute atomic E-state index is 0.0859. The topological polar surface area (TPSA) is 103 Å². The van der Waals surface area contributed by atoms with Crippen molar-refractivity contribution in [2.75, 3.05) is 24.5 Å². The van der Waals surface area contributed by atoms with Crippen LogP contribution >= 0.6 is 11.3 Å². The third kappa shape index (κ3) is 4.86. The Morgan fingerprint density at radius 3 is 2.61 bits per heavy atom. The molecule has 10 heteroatoms. The molecule has 8 nitrogen and oxygen atoms in total. The van der Waals surface area contributed by atoms with Crippen molar-refractivity contribution in [2.24, 2.45) is 0 Å². The van der Waals surface area contributed by atoms with Gasteiger partial charge in [0.25, 0.3) is 11.8 Å². The van der Waals surface area contributed by atoms with Gasteiger partial charge in [-0.05, 0) is 42.0 Å². The first-order valence-electron chi connectivity index (χ1n) is 9.44. The zero-order valence-electron chi connectivity index (χ0n) is 16.2. The lowest BCUT2D eigenvalue weighted by atomic mass is 10.2. The molecule has 0 bridgehead atoms. The molecule has 1 saturated heterocycles. The number of hydrogen-bond donors (Lipinski definition) is 3. The summed E-state index contributed by atoms with van der Waals surface area (Å²) in [4.78, 5) is 43.4. The highest BCUT2D eigenvalue weighted by Crippen LogP contribution is 2.28. The Hall–Kier alpha value is -3.79. The first-order chi connectivity index (χ1) is 15.0. The summed E-state index contributed by atoms with van der Waals surface area (Å²) in [7, 11) is 0. The molecule has 31 heavy (non-hydrogen) atoms. The van der Waals surface area contributed by atoms with Gasteiger partial charge in [-0.15, -0.1) is 11.3 Å². The van der Waals surface area contributed by atoms with E-state index in [9.17, 15) is 18.8 Å². The molecular formula is C21H18FN5O3S. The molecule has 1 fully saturated rings. The summed E-state index contributed by atoms with van der Waals surface area (Å²) >= 11 is 1.22. The van der Waals surface area contributed by atoms with Crippen molar-refractivity contribution in [3.05, 3.63) is 71.1 Å². The number of pyridine rings is 1. The van der Waals surface area contributed by atoms with Gasteiger partial charge in [0.15, 0.2) is 0 Å². The largest absolute Gasteiger partial charge is 0.360 e. The third-order valence-corrected chi connectivity index (χ3v) is 5.76. The first-order valence-corrected chi connectivity index (χ1v) is 10.3. The van der Waals surface area contributed by atoms with E-state index >= 15 is 0 Å². The summed E-state index contributed by atoms with van der Waals surface area (Å²) in [5.41, 5.74) is 6.33. The highest BCUT2D eigenvalue weighted by Gasteiger charge is 2.18. The fourth-order valence-electron chi connectivity index (χ4n) is 3.07. The Balaban J connectivity index is 1.37. The molecule has 4 rings (SSSR count). The number of amides is 3. The van der Waals surface area contributed by atoms with Crippen LogP contribution in [0, 0.1) is 5.82 Å². The number of thiophene rings is 1. The van der Waals surface area contributed by atoms with Crippen molar-refractivity contribution in [1.29, 1.82) is 0 Å². The smallest absolute Gasteiger partial charge is 0.288 e. The monoisotopic (exact) mass is 439 g/mol. The number of halogens is 1. The number of hydrazine groups is 1. The van der Waals surface area contributed by atoms with Crippen LogP contribution in [-0.4, -0.2) is 42.3 Å². The quantitative estimate of drug-likeness (QED) is 0.540. The number of carbonyl (C=O) groups is 3. The summed E-state index contributed by atoms with van der Waals surface area (Å²) in [6.45, 7) is 1.36. The Labute approximate surface area is 181 Å². The molecule has 3 heterocycles. The van der Waals surface area contributed by atoms with Crippen LogP contribution in [0.15, 0.2) is 54.7 Å². The Morgan fingerprint density at radius 2 is 1.84 bits per heavy atom. The first kappa shape index (κ1) is 20.5. The molecule has 3 amide bonds. The van der Waals surface area contributed by atoms with E-state index in [1.54, 1.807) is 36.4 Å². The standard InChI is InChI=1S/C21H18FN5O3S/c22-14-3-1-13(2-4-14)17-5-6-18(31-17)21(30)26-25-20(29)16-11-15(7-8-23-16)27-10-9-24-19(28)12-27/h1-8,11H,9-10,12H2,(H,24,28)(H,25,29)(H,26,30). The van der Waals surface area contributed by atoms with Crippen LogP contribution in [0.5, 0.6) is 0 Å². The fourth-order valence-corrected chi connectivity index (χ4v) is 3.97. The van der Waals surface area contributed by atoms with Crippen LogP contribution in [0.4, 0.5) is 10.1 Å². The van der Waals surface area contributed by atoms with E-state index in [2.05, 4.69) is 21.2 Å². The number of carbonyl (C=O) groups excluding carboxylic acids is 3. The number of piperazine rings is 1. The average molecular weight is 439 g/mol. The molecule has 0 aliphatic carbocycles. The van der Waals surface area contributed by atoms with Gasteiger partial charge in [0.05, 0.1) is 11.4 Å². The van der Waals surface area contributed by atoms with Crippen molar-refractivity contribution in [3.8, 4) is 10.4 Å². The lowest BCUT2D eigenvalue weighted by Crippen LogP contribution is -2.47. The number of aromatic nitrogens is 1. The second-order valence-electron chi connectivity index (χ2n) is 6.75. The second-order valence-corrected chi connectivity index (χ2v) is 7.83. The minimum atomic E-state index is -0.577. The van der Waals surface area contributed by atoms with Gasteiger partial charge in [0, 0.05) is 29.9 Å². The number of hydrogen-bond acceptors (Lipinski definition) is 6. The van der Waals surface area contributed by atoms with Crippen molar-refractivity contribution in [2.45, 2.75) is 0 Å². The molecule has 2 aromatic heterocycles. The van der Waals surface area contributed by atoms with E-state index in [-0.39, 0.29) is 24.0 Å². The van der Waals surface area contributed by atoms with E-state index in [1.165, 1.54) is 29.7 Å². The van der Waals surface area contributed by atoms with Crippen LogP contribution in [-0.2, 0) is 4.79 Å². The maximum absolute atomic E-state index is 13.1. The molecule has 1 aliphatic rings. The fraction of sp³-hybridized carbons (Fsp3) is 0.143. The molecule has 3 aromatic rings. The van der Waals surface area contributed by atoms with Gasteiger partial charge >= 0.3 is 0 Å². The summed E-state index contributed by atoms with van der Waals surface area (Å²) in [6, 6.07) is 12.7. The number of nitrogens with zero attached hydrogens (tertiary/aromatic N) is 2. The Kier molecular flexibility index (Phi) is 5.89. The minimum Gasteiger partial charge on any atom is -0.360 e. The van der Waals surface area contributed by atoms with E-state index < -0.39 is 11.8 Å². The number of rotatable bonds is 4. The molecule has 0 saturated carbocycles. The molecule has 1 aromatic carbocycles. The van der Waals surface area contributed by atoms with Crippen molar-refractivity contribution >= 4 is 34.7 Å². The molecule has 1 aliphatic heterocycles. The maximum Gasteiger partial charge on any atom is 0.288 e. The molecule has 158 valence electrons. The van der Waals surface area contributed by atoms with Crippen molar-refractivity contribution < 1.29 is 18.8 Å². The summed E-state index contributed by atoms with van der Waals surface area (Å²) in [5.74, 6) is -1.47. The zero-order valence-corrected chi connectivity index (χ0v) is 17.0. The van der Waals surface area contributed by atoms with Gasteiger partial charge in [-0.25, -0.2) is 4.39 Å².